The van der Waals surface area contributed by atoms with Crippen LogP contribution in [0.4, 0.5) is 14.9 Å². The van der Waals surface area contributed by atoms with Gasteiger partial charge in [-0.2, -0.15) is 0 Å². The Labute approximate surface area is 171 Å². The highest BCUT2D eigenvalue weighted by molar-refractivity contribution is 6.00. The number of anilines is 1. The van der Waals surface area contributed by atoms with Crippen molar-refractivity contribution >= 4 is 17.7 Å². The number of nitrogens with one attached hydrogen (secondary N) is 1. The third-order valence-electron chi connectivity index (χ3n) is 6.32. The second kappa shape index (κ2) is 7.18. The number of carbonyl (C=O) groups is 2. The molecule has 0 spiro atoms. The predicted molar refractivity (Wildman–Crippen MR) is 109 cm³/mol. The molecule has 1 saturated heterocycles. The van der Waals surface area contributed by atoms with Crippen LogP contribution in [-0.4, -0.2) is 41.6 Å². The highest BCUT2D eigenvalue weighted by Crippen LogP contribution is 2.51. The van der Waals surface area contributed by atoms with Gasteiger partial charge in [0.1, 0.15) is 11.4 Å². The van der Waals surface area contributed by atoms with Crippen LogP contribution in [0.25, 0.3) is 0 Å². The lowest BCUT2D eigenvalue weighted by molar-refractivity contribution is 0.0197. The number of ether oxygens (including phenoxy) is 1. The third-order valence-corrected chi connectivity index (χ3v) is 6.32. The summed E-state index contributed by atoms with van der Waals surface area (Å²) in [5, 5.41) is 3.45. The first-order valence-electron chi connectivity index (χ1n) is 10.6. The number of rotatable bonds is 2. The van der Waals surface area contributed by atoms with Gasteiger partial charge < -0.3 is 20.7 Å². The molecule has 2 fully saturated rings. The van der Waals surface area contributed by atoms with E-state index >= 15 is 4.39 Å². The van der Waals surface area contributed by atoms with Crippen molar-refractivity contribution in [2.75, 3.05) is 18.4 Å². The van der Waals surface area contributed by atoms with Gasteiger partial charge in [-0.25, -0.2) is 9.18 Å². The highest BCUT2D eigenvalue weighted by Gasteiger charge is 2.42. The van der Waals surface area contributed by atoms with Crippen molar-refractivity contribution in [1.29, 1.82) is 0 Å². The molecule has 6 nitrogen and oxygen atoms in total. The summed E-state index contributed by atoms with van der Waals surface area (Å²) in [4.78, 5) is 26.2. The maximum atomic E-state index is 15.3. The molecule has 7 heteroatoms. The molecule has 2 aliphatic heterocycles. The molecule has 3 N–H and O–H groups in total. The zero-order valence-electron chi connectivity index (χ0n) is 17.4. The highest BCUT2D eigenvalue weighted by atomic mass is 19.1. The molecule has 1 aromatic rings. The maximum absolute atomic E-state index is 15.3. The minimum atomic E-state index is -0.613. The summed E-state index contributed by atoms with van der Waals surface area (Å²) in [6.45, 7) is 6.55. The minimum absolute atomic E-state index is 0.118. The number of fused-ring (bicyclic) bond motifs is 3. The average molecular weight is 403 g/mol. The largest absolute Gasteiger partial charge is 0.444 e. The molecule has 0 radical (unpaired) electrons. The van der Waals surface area contributed by atoms with E-state index in [9.17, 15) is 9.59 Å². The molecule has 2 heterocycles. The minimum Gasteiger partial charge on any atom is -0.444 e. The summed E-state index contributed by atoms with van der Waals surface area (Å²) in [6, 6.07) is 1.51. The van der Waals surface area contributed by atoms with Gasteiger partial charge in [0.25, 0.3) is 5.91 Å². The summed E-state index contributed by atoms with van der Waals surface area (Å²) in [5.41, 5.74) is 7.48. The van der Waals surface area contributed by atoms with E-state index in [1.807, 2.05) is 20.8 Å². The Morgan fingerprint density at radius 2 is 1.97 bits per heavy atom. The summed E-state index contributed by atoms with van der Waals surface area (Å²) in [6.07, 6.45) is 4.30. The molecular weight excluding hydrogens is 373 g/mol. The molecule has 0 bridgehead atoms. The summed E-state index contributed by atoms with van der Waals surface area (Å²) in [5.74, 6) is -0.917. The van der Waals surface area contributed by atoms with E-state index in [2.05, 4.69) is 5.32 Å². The molecule has 29 heavy (non-hydrogen) atoms. The van der Waals surface area contributed by atoms with Crippen molar-refractivity contribution in [3.8, 4) is 0 Å². The number of benzene rings is 1. The zero-order valence-corrected chi connectivity index (χ0v) is 17.4. The molecule has 3 aliphatic rings. The van der Waals surface area contributed by atoms with E-state index in [0.717, 1.165) is 37.7 Å². The smallest absolute Gasteiger partial charge is 0.410 e. The molecule has 0 aromatic heterocycles. The van der Waals surface area contributed by atoms with Crippen LogP contribution in [0, 0.1) is 5.82 Å². The van der Waals surface area contributed by atoms with Gasteiger partial charge >= 0.3 is 6.09 Å². The van der Waals surface area contributed by atoms with Crippen molar-refractivity contribution in [1.82, 2.24) is 4.90 Å². The first-order valence-corrected chi connectivity index (χ1v) is 10.6. The van der Waals surface area contributed by atoms with Gasteiger partial charge in [0, 0.05) is 31.0 Å². The molecule has 2 amide bonds. The standard InChI is InChI=1S/C22H30FN3O3/c1-22(2,3)29-21(28)26-9-5-6-12(11-26)17-15(23)10-14(20(24)27)19-18(17)13-7-4-8-16(13)25-19/h10,12-13,16,25H,4-9,11H2,1-3H3,(H2,24,27). The Bertz CT molecular complexity index is 849. The first-order chi connectivity index (χ1) is 13.7. The molecule has 1 saturated carbocycles. The van der Waals surface area contributed by atoms with E-state index < -0.39 is 11.5 Å². The van der Waals surface area contributed by atoms with Crippen LogP contribution in [0.15, 0.2) is 6.07 Å². The predicted octanol–water partition coefficient (Wildman–Crippen LogP) is 4.10. The van der Waals surface area contributed by atoms with Crippen LogP contribution in [0.3, 0.4) is 0 Å². The number of halogens is 1. The third kappa shape index (κ3) is 3.67. The number of carbonyl (C=O) groups excluding carboxylic acids is 2. The Balaban J connectivity index is 1.69. The molecular formula is C22H30FN3O3. The Hall–Kier alpha value is -2.31. The van der Waals surface area contributed by atoms with E-state index in [1.165, 1.54) is 6.07 Å². The lowest BCUT2D eigenvalue weighted by atomic mass is 9.81. The molecule has 4 rings (SSSR count). The summed E-state index contributed by atoms with van der Waals surface area (Å²) in [7, 11) is 0. The number of amides is 2. The lowest BCUT2D eigenvalue weighted by Gasteiger charge is -2.35. The monoisotopic (exact) mass is 403 g/mol. The number of primary amides is 1. The van der Waals surface area contributed by atoms with E-state index in [4.69, 9.17) is 10.5 Å². The molecule has 158 valence electrons. The van der Waals surface area contributed by atoms with Gasteiger partial charge in [-0.15, -0.1) is 0 Å². The zero-order chi connectivity index (χ0) is 20.9. The first kappa shape index (κ1) is 20.0. The fourth-order valence-electron chi connectivity index (χ4n) is 5.20. The van der Waals surface area contributed by atoms with Crippen LogP contribution in [0.2, 0.25) is 0 Å². The van der Waals surface area contributed by atoms with Gasteiger partial charge in [-0.3, -0.25) is 4.79 Å². The van der Waals surface area contributed by atoms with Crippen LogP contribution in [0.1, 0.15) is 86.2 Å². The second-order valence-electron chi connectivity index (χ2n) is 9.53. The van der Waals surface area contributed by atoms with Gasteiger partial charge in [0.15, 0.2) is 0 Å². The fraction of sp³-hybridized carbons (Fsp3) is 0.636. The van der Waals surface area contributed by atoms with Crippen LogP contribution in [0.5, 0.6) is 0 Å². The second-order valence-corrected chi connectivity index (χ2v) is 9.53. The van der Waals surface area contributed by atoms with E-state index in [-0.39, 0.29) is 35.4 Å². The molecule has 3 unspecified atom stereocenters. The Morgan fingerprint density at radius 3 is 2.66 bits per heavy atom. The van der Waals surface area contributed by atoms with Crippen LogP contribution >= 0.6 is 0 Å². The Morgan fingerprint density at radius 1 is 1.21 bits per heavy atom. The van der Waals surface area contributed by atoms with Crippen molar-refractivity contribution in [2.45, 2.75) is 76.4 Å². The van der Waals surface area contributed by atoms with Crippen molar-refractivity contribution in [3.05, 3.63) is 28.6 Å². The van der Waals surface area contributed by atoms with E-state index in [1.54, 1.807) is 4.90 Å². The van der Waals surface area contributed by atoms with Gasteiger partial charge in [0.2, 0.25) is 0 Å². The van der Waals surface area contributed by atoms with Crippen LogP contribution in [-0.2, 0) is 4.74 Å². The number of nitrogens with two attached hydrogens (primary N) is 1. The molecule has 1 aliphatic carbocycles. The van der Waals surface area contributed by atoms with Gasteiger partial charge in [-0.05, 0) is 63.6 Å². The molecule has 3 atom stereocenters. The van der Waals surface area contributed by atoms with Gasteiger partial charge in [0.05, 0.1) is 11.3 Å². The Kier molecular flexibility index (Phi) is 4.95. The normalized spacial score (nSPS) is 25.9. The summed E-state index contributed by atoms with van der Waals surface area (Å²) < 4.78 is 20.9. The topological polar surface area (TPSA) is 84.7 Å². The van der Waals surface area contributed by atoms with Crippen LogP contribution < -0.4 is 11.1 Å². The van der Waals surface area contributed by atoms with Crippen molar-refractivity contribution in [2.24, 2.45) is 5.73 Å². The summed E-state index contributed by atoms with van der Waals surface area (Å²) >= 11 is 0. The van der Waals surface area contributed by atoms with E-state index in [0.29, 0.717) is 24.3 Å². The number of piperidine rings is 1. The fourth-order valence-corrected chi connectivity index (χ4v) is 5.20. The number of hydrogen-bond acceptors (Lipinski definition) is 4. The molecule has 1 aromatic carbocycles. The average Bonchev–Trinajstić information content (AvgIpc) is 3.21. The SMILES string of the molecule is CC(C)(C)OC(=O)N1CCCC(c2c(F)cc(C(N)=O)c3c2C2CCCC2N3)C1. The number of hydrogen-bond donors (Lipinski definition) is 2. The lowest BCUT2D eigenvalue weighted by Crippen LogP contribution is -2.42. The van der Waals surface area contributed by atoms with Crippen molar-refractivity contribution in [3.63, 3.8) is 0 Å². The number of likely N-dealkylation sites (tertiary alicyclic amines) is 1. The number of nitrogens with zero attached hydrogens (tertiary/aromatic N) is 1. The maximum Gasteiger partial charge on any atom is 0.410 e. The quantitative estimate of drug-likeness (QED) is 0.779. The van der Waals surface area contributed by atoms with Gasteiger partial charge in [-0.1, -0.05) is 6.42 Å². The van der Waals surface area contributed by atoms with Crippen molar-refractivity contribution < 1.29 is 18.7 Å².